The maximum absolute atomic E-state index is 12.4. The molecule has 0 N–H and O–H groups in total. The van der Waals surface area contributed by atoms with E-state index in [0.717, 1.165) is 75.7 Å². The molecule has 1 unspecified atom stereocenters. The summed E-state index contributed by atoms with van der Waals surface area (Å²) in [5.41, 5.74) is 0.810. The summed E-state index contributed by atoms with van der Waals surface area (Å²) >= 11 is 1.57. The van der Waals surface area contributed by atoms with Crippen molar-refractivity contribution in [2.45, 2.75) is 38.0 Å². The number of hydrogen-bond donors (Lipinski definition) is 0. The van der Waals surface area contributed by atoms with Crippen LogP contribution in [0.3, 0.4) is 0 Å². The number of rotatable bonds is 5. The highest BCUT2D eigenvalue weighted by Gasteiger charge is 2.28. The van der Waals surface area contributed by atoms with Crippen molar-refractivity contribution in [3.05, 3.63) is 34.1 Å². The van der Waals surface area contributed by atoms with Gasteiger partial charge in [0.05, 0.1) is 5.56 Å². The summed E-state index contributed by atoms with van der Waals surface area (Å²) in [4.78, 5) is 18.9. The summed E-state index contributed by atoms with van der Waals surface area (Å²) in [6.45, 7) is 3.23. The quantitative estimate of drug-likeness (QED) is 0.818. The Morgan fingerprint density at radius 1 is 1.32 bits per heavy atom. The number of amides is 1. The Kier molecular flexibility index (Phi) is 5.12. The number of nitrogens with zero attached hydrogens (tertiary/aromatic N) is 3. The minimum Gasteiger partial charge on any atom is -0.381 e. The summed E-state index contributed by atoms with van der Waals surface area (Å²) in [5.74, 6) is 2.58. The van der Waals surface area contributed by atoms with Crippen LogP contribution in [0.25, 0.3) is 0 Å². The van der Waals surface area contributed by atoms with Crippen molar-refractivity contribution >= 4 is 17.2 Å². The first-order valence-corrected chi connectivity index (χ1v) is 9.95. The molecule has 0 saturated carbocycles. The molecule has 25 heavy (non-hydrogen) atoms. The van der Waals surface area contributed by atoms with Gasteiger partial charge in [-0.15, -0.1) is 0 Å². The van der Waals surface area contributed by atoms with Gasteiger partial charge in [0.2, 0.25) is 5.89 Å². The lowest BCUT2D eigenvalue weighted by Crippen LogP contribution is -2.28. The molecule has 6 nitrogen and oxygen atoms in total. The third-order valence-electron chi connectivity index (χ3n) is 5.17. The van der Waals surface area contributed by atoms with E-state index in [9.17, 15) is 4.79 Å². The first-order valence-electron chi connectivity index (χ1n) is 9.01. The van der Waals surface area contributed by atoms with Crippen LogP contribution in [0, 0.1) is 5.92 Å². The normalized spacial score (nSPS) is 21.8. The molecule has 2 aromatic heterocycles. The predicted molar refractivity (Wildman–Crippen MR) is 93.7 cm³/mol. The van der Waals surface area contributed by atoms with Gasteiger partial charge in [-0.25, -0.2) is 0 Å². The molecule has 0 bridgehead atoms. The van der Waals surface area contributed by atoms with E-state index < -0.39 is 0 Å². The van der Waals surface area contributed by atoms with E-state index in [2.05, 4.69) is 10.1 Å². The van der Waals surface area contributed by atoms with Crippen molar-refractivity contribution in [1.82, 2.24) is 15.0 Å². The minimum absolute atomic E-state index is 0.158. The van der Waals surface area contributed by atoms with Crippen LogP contribution in [0.1, 0.15) is 53.7 Å². The van der Waals surface area contributed by atoms with E-state index >= 15 is 0 Å². The number of carbonyl (C=O) groups is 1. The van der Waals surface area contributed by atoms with Crippen LogP contribution < -0.4 is 0 Å². The zero-order chi connectivity index (χ0) is 17.1. The molecule has 0 spiro atoms. The third-order valence-corrected chi connectivity index (χ3v) is 5.85. The molecular formula is C18H23N3O3S. The topological polar surface area (TPSA) is 68.5 Å². The van der Waals surface area contributed by atoms with Crippen LogP contribution in [0.4, 0.5) is 0 Å². The third kappa shape index (κ3) is 3.93. The molecule has 2 aliphatic heterocycles. The van der Waals surface area contributed by atoms with Crippen molar-refractivity contribution in [2.24, 2.45) is 5.92 Å². The van der Waals surface area contributed by atoms with Crippen LogP contribution in [-0.4, -0.2) is 47.3 Å². The average Bonchev–Trinajstić information content (AvgIpc) is 3.41. The van der Waals surface area contributed by atoms with Crippen LogP contribution in [-0.2, 0) is 11.2 Å². The van der Waals surface area contributed by atoms with Gasteiger partial charge in [-0.3, -0.25) is 4.79 Å². The molecule has 1 atom stereocenters. The van der Waals surface area contributed by atoms with Gasteiger partial charge in [0.1, 0.15) is 0 Å². The van der Waals surface area contributed by atoms with Gasteiger partial charge in [0.25, 0.3) is 5.91 Å². The molecule has 2 aromatic rings. The molecule has 2 fully saturated rings. The highest BCUT2D eigenvalue weighted by atomic mass is 32.1. The summed E-state index contributed by atoms with van der Waals surface area (Å²) in [6.07, 6.45) is 4.80. The van der Waals surface area contributed by atoms with Crippen LogP contribution in [0.2, 0.25) is 0 Å². The molecule has 0 aliphatic carbocycles. The number of likely N-dealkylation sites (tertiary alicyclic amines) is 1. The zero-order valence-electron chi connectivity index (χ0n) is 14.2. The molecule has 7 heteroatoms. The number of aromatic nitrogens is 2. The summed E-state index contributed by atoms with van der Waals surface area (Å²) in [5, 5.41) is 8.02. The minimum atomic E-state index is 0.158. The van der Waals surface area contributed by atoms with Gasteiger partial charge < -0.3 is 14.2 Å². The van der Waals surface area contributed by atoms with E-state index in [1.807, 2.05) is 21.7 Å². The molecule has 2 aliphatic rings. The van der Waals surface area contributed by atoms with Gasteiger partial charge in [0, 0.05) is 44.0 Å². The summed E-state index contributed by atoms with van der Waals surface area (Å²) < 4.78 is 10.8. The highest BCUT2D eigenvalue weighted by Crippen LogP contribution is 2.27. The van der Waals surface area contributed by atoms with Crippen LogP contribution in [0.5, 0.6) is 0 Å². The van der Waals surface area contributed by atoms with E-state index in [1.54, 1.807) is 11.3 Å². The second-order valence-electron chi connectivity index (χ2n) is 6.89. The van der Waals surface area contributed by atoms with E-state index in [-0.39, 0.29) is 5.91 Å². The maximum atomic E-state index is 12.4. The molecule has 0 aromatic carbocycles. The molecule has 4 rings (SSSR count). The standard InChI is InChI=1S/C18H23N3O3S/c22-18(15-6-10-25-12-15)21-7-3-13(11-21)1-2-16-19-17(24-20-16)14-4-8-23-9-5-14/h6,10,12-14H,1-5,7-9,11H2. The average molecular weight is 361 g/mol. The molecule has 0 radical (unpaired) electrons. The van der Waals surface area contributed by atoms with Crippen LogP contribution in [0.15, 0.2) is 21.3 Å². The fraction of sp³-hybridized carbons (Fsp3) is 0.611. The molecule has 2 saturated heterocycles. The fourth-order valence-electron chi connectivity index (χ4n) is 3.63. The Morgan fingerprint density at radius 2 is 2.20 bits per heavy atom. The van der Waals surface area contributed by atoms with Crippen molar-refractivity contribution in [1.29, 1.82) is 0 Å². The van der Waals surface area contributed by atoms with E-state index in [4.69, 9.17) is 9.26 Å². The number of thiophene rings is 1. The van der Waals surface area contributed by atoms with Gasteiger partial charge in [-0.2, -0.15) is 16.3 Å². The van der Waals surface area contributed by atoms with E-state index in [1.165, 1.54) is 0 Å². The largest absolute Gasteiger partial charge is 0.381 e. The van der Waals surface area contributed by atoms with Crippen LogP contribution >= 0.6 is 11.3 Å². The summed E-state index contributed by atoms with van der Waals surface area (Å²) in [7, 11) is 0. The lowest BCUT2D eigenvalue weighted by molar-refractivity contribution is 0.0778. The lowest BCUT2D eigenvalue weighted by Gasteiger charge is -2.17. The predicted octanol–water partition coefficient (Wildman–Crippen LogP) is 3.12. The number of ether oxygens (including phenoxy) is 1. The van der Waals surface area contributed by atoms with E-state index in [0.29, 0.717) is 11.8 Å². The Balaban J connectivity index is 1.26. The van der Waals surface area contributed by atoms with Crippen molar-refractivity contribution in [3.63, 3.8) is 0 Å². The Hall–Kier alpha value is -1.73. The van der Waals surface area contributed by atoms with Crippen molar-refractivity contribution in [2.75, 3.05) is 26.3 Å². The second kappa shape index (κ2) is 7.66. The van der Waals surface area contributed by atoms with Gasteiger partial charge in [-0.05, 0) is 43.0 Å². The zero-order valence-corrected chi connectivity index (χ0v) is 15.0. The SMILES string of the molecule is O=C(c1ccsc1)N1CCC(CCc2noc(C3CCOCC3)n2)C1. The number of aryl methyl sites for hydroxylation is 1. The van der Waals surface area contributed by atoms with Gasteiger partial charge in [-0.1, -0.05) is 5.16 Å². The summed E-state index contributed by atoms with van der Waals surface area (Å²) in [6, 6.07) is 1.90. The highest BCUT2D eigenvalue weighted by molar-refractivity contribution is 7.08. The molecule has 1 amide bonds. The molecule has 134 valence electrons. The Morgan fingerprint density at radius 3 is 3.00 bits per heavy atom. The van der Waals surface area contributed by atoms with Gasteiger partial charge in [0.15, 0.2) is 5.82 Å². The monoisotopic (exact) mass is 361 g/mol. The Labute approximate surface area is 151 Å². The second-order valence-corrected chi connectivity index (χ2v) is 7.67. The molecular weight excluding hydrogens is 338 g/mol. The number of hydrogen-bond acceptors (Lipinski definition) is 6. The number of carbonyl (C=O) groups excluding carboxylic acids is 1. The Bertz CT molecular complexity index is 694. The fourth-order valence-corrected chi connectivity index (χ4v) is 4.26. The van der Waals surface area contributed by atoms with Crippen molar-refractivity contribution in [3.8, 4) is 0 Å². The molecule has 4 heterocycles. The first-order chi connectivity index (χ1) is 12.3. The van der Waals surface area contributed by atoms with Gasteiger partial charge >= 0.3 is 0 Å². The first kappa shape index (κ1) is 16.7. The lowest BCUT2D eigenvalue weighted by atomic mass is 10.0. The maximum Gasteiger partial charge on any atom is 0.254 e. The van der Waals surface area contributed by atoms with Crippen molar-refractivity contribution < 1.29 is 14.1 Å². The smallest absolute Gasteiger partial charge is 0.254 e.